The molecule has 7 heteroatoms. The first-order valence-corrected chi connectivity index (χ1v) is 7.99. The molecular weight excluding hydrogens is 325 g/mol. The van der Waals surface area contributed by atoms with Gasteiger partial charge in [-0.1, -0.05) is 29.6 Å². The molecular formula is C15H19Cl2N3O2. The maximum atomic E-state index is 12.0. The van der Waals surface area contributed by atoms with E-state index in [9.17, 15) is 9.59 Å². The van der Waals surface area contributed by atoms with Gasteiger partial charge in [0.2, 0.25) is 11.8 Å². The van der Waals surface area contributed by atoms with Crippen molar-refractivity contribution >= 4 is 40.7 Å². The molecule has 1 aromatic rings. The van der Waals surface area contributed by atoms with Crippen molar-refractivity contribution in [2.24, 2.45) is 11.7 Å². The van der Waals surface area contributed by atoms with E-state index in [4.69, 9.17) is 28.9 Å². The van der Waals surface area contributed by atoms with Crippen LogP contribution in [0.25, 0.3) is 0 Å². The first-order valence-electron chi connectivity index (χ1n) is 7.24. The van der Waals surface area contributed by atoms with E-state index in [2.05, 4.69) is 10.6 Å². The molecule has 1 aromatic carbocycles. The summed E-state index contributed by atoms with van der Waals surface area (Å²) in [5.41, 5.74) is 6.29. The molecule has 120 valence electrons. The highest BCUT2D eigenvalue weighted by Gasteiger charge is 2.25. The van der Waals surface area contributed by atoms with Gasteiger partial charge in [0.15, 0.2) is 0 Å². The number of hydrogen-bond donors (Lipinski definition) is 3. The van der Waals surface area contributed by atoms with Crippen molar-refractivity contribution in [1.29, 1.82) is 0 Å². The third-order valence-corrected chi connectivity index (χ3v) is 4.28. The van der Waals surface area contributed by atoms with Gasteiger partial charge in [-0.25, -0.2) is 0 Å². The average molecular weight is 344 g/mol. The molecule has 1 aliphatic carbocycles. The van der Waals surface area contributed by atoms with Gasteiger partial charge in [0, 0.05) is 17.0 Å². The zero-order valence-electron chi connectivity index (χ0n) is 12.1. The lowest BCUT2D eigenvalue weighted by Crippen LogP contribution is -2.40. The molecule has 2 atom stereocenters. The van der Waals surface area contributed by atoms with E-state index in [0.29, 0.717) is 22.2 Å². The molecule has 0 bridgehead atoms. The Balaban J connectivity index is 1.82. The molecule has 2 unspecified atom stereocenters. The third kappa shape index (κ3) is 4.87. The van der Waals surface area contributed by atoms with Crippen LogP contribution in [0.5, 0.6) is 0 Å². The molecule has 1 saturated carbocycles. The van der Waals surface area contributed by atoms with E-state index in [1.807, 2.05) is 0 Å². The van der Waals surface area contributed by atoms with Gasteiger partial charge in [0.1, 0.15) is 0 Å². The number of benzene rings is 1. The van der Waals surface area contributed by atoms with Gasteiger partial charge >= 0.3 is 0 Å². The fourth-order valence-electron chi connectivity index (χ4n) is 2.57. The highest BCUT2D eigenvalue weighted by atomic mass is 35.5. The average Bonchev–Trinajstić information content (AvgIpc) is 2.48. The second-order valence-corrected chi connectivity index (χ2v) is 6.36. The molecule has 22 heavy (non-hydrogen) atoms. The van der Waals surface area contributed by atoms with Crippen LogP contribution in [-0.4, -0.2) is 24.4 Å². The zero-order chi connectivity index (χ0) is 16.1. The standard InChI is InChI=1S/C15H19Cl2N3O2/c16-10-4-5-12(17)13(7-10)20-14(21)8-19-15(22)9-2-1-3-11(18)6-9/h4-5,7,9,11H,1-3,6,8,18H2,(H,19,22)(H,20,21). The number of nitrogens with one attached hydrogen (secondary N) is 2. The van der Waals surface area contributed by atoms with Gasteiger partial charge in [-0.05, 0) is 37.5 Å². The van der Waals surface area contributed by atoms with E-state index in [1.54, 1.807) is 18.2 Å². The third-order valence-electron chi connectivity index (χ3n) is 3.71. The van der Waals surface area contributed by atoms with Crippen LogP contribution in [-0.2, 0) is 9.59 Å². The topological polar surface area (TPSA) is 84.2 Å². The van der Waals surface area contributed by atoms with Crippen molar-refractivity contribution in [2.75, 3.05) is 11.9 Å². The second-order valence-electron chi connectivity index (χ2n) is 5.51. The molecule has 2 rings (SSSR count). The predicted octanol–water partition coefficient (Wildman–Crippen LogP) is 2.57. The molecule has 0 saturated heterocycles. The first kappa shape index (κ1) is 17.1. The minimum absolute atomic E-state index is 0.0728. The Morgan fingerprint density at radius 1 is 1.27 bits per heavy atom. The molecule has 0 radical (unpaired) electrons. The number of rotatable bonds is 4. The van der Waals surface area contributed by atoms with E-state index in [1.165, 1.54) is 0 Å². The lowest BCUT2D eigenvalue weighted by molar-refractivity contribution is -0.128. The fraction of sp³-hybridized carbons (Fsp3) is 0.467. The van der Waals surface area contributed by atoms with Crippen molar-refractivity contribution in [3.63, 3.8) is 0 Å². The lowest BCUT2D eigenvalue weighted by Gasteiger charge is -2.25. The number of carbonyl (C=O) groups is 2. The van der Waals surface area contributed by atoms with Crippen LogP contribution in [0.4, 0.5) is 5.69 Å². The Labute approximate surface area is 139 Å². The van der Waals surface area contributed by atoms with Crippen LogP contribution in [0.15, 0.2) is 18.2 Å². The lowest BCUT2D eigenvalue weighted by atomic mass is 9.85. The largest absolute Gasteiger partial charge is 0.347 e. The maximum absolute atomic E-state index is 12.0. The summed E-state index contributed by atoms with van der Waals surface area (Å²) in [4.78, 5) is 23.9. The van der Waals surface area contributed by atoms with E-state index >= 15 is 0 Å². The van der Waals surface area contributed by atoms with Gasteiger partial charge in [0.05, 0.1) is 17.3 Å². The smallest absolute Gasteiger partial charge is 0.243 e. The monoisotopic (exact) mass is 343 g/mol. The molecule has 1 fully saturated rings. The highest BCUT2D eigenvalue weighted by molar-refractivity contribution is 6.35. The molecule has 1 aliphatic rings. The minimum Gasteiger partial charge on any atom is -0.347 e. The van der Waals surface area contributed by atoms with Gasteiger partial charge in [-0.2, -0.15) is 0 Å². The van der Waals surface area contributed by atoms with Crippen molar-refractivity contribution < 1.29 is 9.59 Å². The van der Waals surface area contributed by atoms with E-state index in [0.717, 1.165) is 19.3 Å². The summed E-state index contributed by atoms with van der Waals surface area (Å²) < 4.78 is 0. The number of amides is 2. The van der Waals surface area contributed by atoms with Gasteiger partial charge in [-0.15, -0.1) is 0 Å². The molecule has 0 aliphatic heterocycles. The normalized spacial score (nSPS) is 21.2. The summed E-state index contributed by atoms with van der Waals surface area (Å²) in [5.74, 6) is -0.577. The number of anilines is 1. The summed E-state index contributed by atoms with van der Waals surface area (Å²) in [6, 6.07) is 4.86. The second kappa shape index (κ2) is 7.81. The van der Waals surface area contributed by atoms with Crippen LogP contribution in [0.3, 0.4) is 0 Å². The molecule has 0 spiro atoms. The van der Waals surface area contributed by atoms with E-state index < -0.39 is 0 Å². The Kier molecular flexibility index (Phi) is 6.06. The Bertz CT molecular complexity index is 566. The molecule has 0 aromatic heterocycles. The van der Waals surface area contributed by atoms with Crippen molar-refractivity contribution in [3.05, 3.63) is 28.2 Å². The quantitative estimate of drug-likeness (QED) is 0.785. The van der Waals surface area contributed by atoms with Crippen LogP contribution >= 0.6 is 23.2 Å². The van der Waals surface area contributed by atoms with Gasteiger partial charge in [0.25, 0.3) is 0 Å². The Hall–Kier alpha value is -1.30. The maximum Gasteiger partial charge on any atom is 0.243 e. The van der Waals surface area contributed by atoms with Crippen LogP contribution < -0.4 is 16.4 Å². The SMILES string of the molecule is NC1CCCC(C(=O)NCC(=O)Nc2cc(Cl)ccc2Cl)C1. The number of carbonyl (C=O) groups excluding carboxylic acids is 2. The van der Waals surface area contributed by atoms with Crippen molar-refractivity contribution in [3.8, 4) is 0 Å². The summed E-state index contributed by atoms with van der Waals surface area (Å²) in [5, 5.41) is 6.13. The number of hydrogen-bond acceptors (Lipinski definition) is 3. The van der Waals surface area contributed by atoms with Gasteiger partial charge in [-0.3, -0.25) is 9.59 Å². The molecule has 0 heterocycles. The Morgan fingerprint density at radius 2 is 2.05 bits per heavy atom. The van der Waals surface area contributed by atoms with Crippen LogP contribution in [0, 0.1) is 5.92 Å². The first-order chi connectivity index (χ1) is 10.5. The number of nitrogens with two attached hydrogens (primary N) is 1. The zero-order valence-corrected chi connectivity index (χ0v) is 13.6. The summed E-state index contributed by atoms with van der Waals surface area (Å²) in [6.45, 7) is -0.104. The fourth-order valence-corrected chi connectivity index (χ4v) is 2.90. The minimum atomic E-state index is -0.349. The van der Waals surface area contributed by atoms with Crippen LogP contribution in [0.1, 0.15) is 25.7 Å². The summed E-state index contributed by atoms with van der Waals surface area (Å²) >= 11 is 11.8. The molecule has 4 N–H and O–H groups in total. The number of halogens is 2. The van der Waals surface area contributed by atoms with Crippen molar-refractivity contribution in [2.45, 2.75) is 31.7 Å². The Morgan fingerprint density at radius 3 is 2.77 bits per heavy atom. The molecule has 5 nitrogen and oxygen atoms in total. The van der Waals surface area contributed by atoms with E-state index in [-0.39, 0.29) is 30.3 Å². The highest BCUT2D eigenvalue weighted by Crippen LogP contribution is 2.25. The van der Waals surface area contributed by atoms with Gasteiger partial charge < -0.3 is 16.4 Å². The molecule has 2 amide bonds. The van der Waals surface area contributed by atoms with Crippen molar-refractivity contribution in [1.82, 2.24) is 5.32 Å². The summed E-state index contributed by atoms with van der Waals surface area (Å²) in [6.07, 6.45) is 3.40. The summed E-state index contributed by atoms with van der Waals surface area (Å²) in [7, 11) is 0. The predicted molar refractivity (Wildman–Crippen MR) is 88.0 cm³/mol. The van der Waals surface area contributed by atoms with Crippen LogP contribution in [0.2, 0.25) is 10.0 Å².